The minimum Gasteiger partial charge on any atom is -0.305 e. The molecule has 0 aromatic heterocycles. The molecule has 0 amide bonds. The second kappa shape index (κ2) is 12.7. The van der Waals surface area contributed by atoms with Gasteiger partial charge in [0.15, 0.2) is 0 Å². The van der Waals surface area contributed by atoms with E-state index in [0.717, 1.165) is 6.54 Å². The van der Waals surface area contributed by atoms with Crippen LogP contribution in [0.4, 0.5) is 0 Å². The first-order valence-corrected chi connectivity index (χ1v) is 9.45. The lowest BCUT2D eigenvalue weighted by Gasteiger charge is -2.14. The third kappa shape index (κ3) is 9.25. The predicted molar refractivity (Wildman–Crippen MR) is 99.4 cm³/mol. The van der Waals surface area contributed by atoms with Crippen LogP contribution >= 0.6 is 0 Å². The maximum Gasteiger partial charge on any atom is 0.0230 e. The van der Waals surface area contributed by atoms with E-state index in [4.69, 9.17) is 0 Å². The van der Waals surface area contributed by atoms with Crippen LogP contribution in [0.3, 0.4) is 0 Å². The first kappa shape index (κ1) is 19.2. The Morgan fingerprint density at radius 3 is 1.73 bits per heavy atom. The van der Waals surface area contributed by atoms with Gasteiger partial charge in [-0.25, -0.2) is 0 Å². The second-order valence-corrected chi connectivity index (χ2v) is 6.94. The number of benzene rings is 1. The van der Waals surface area contributed by atoms with E-state index in [0.29, 0.717) is 0 Å². The molecule has 0 radical (unpaired) electrons. The molecule has 0 unspecified atom stereocenters. The summed E-state index contributed by atoms with van der Waals surface area (Å²) in [5.41, 5.74) is 3.05. The first-order valence-electron chi connectivity index (χ1n) is 9.45. The van der Waals surface area contributed by atoms with Crippen molar-refractivity contribution in [3.63, 3.8) is 0 Å². The summed E-state index contributed by atoms with van der Waals surface area (Å²) in [5, 5.41) is 0. The molecule has 1 heteroatoms. The van der Waals surface area contributed by atoms with E-state index in [1.165, 1.54) is 76.2 Å². The van der Waals surface area contributed by atoms with Crippen molar-refractivity contribution in [3.8, 4) is 0 Å². The molecule has 1 aromatic rings. The van der Waals surface area contributed by atoms with Gasteiger partial charge in [-0.1, -0.05) is 89.0 Å². The summed E-state index contributed by atoms with van der Waals surface area (Å²) in [6.07, 6.45) is 15.4. The van der Waals surface area contributed by atoms with Gasteiger partial charge in [-0.05, 0) is 38.1 Å². The Bertz CT molecular complexity index is 370. The monoisotopic (exact) mass is 303 g/mol. The number of hydrogen-bond acceptors (Lipinski definition) is 1. The van der Waals surface area contributed by atoms with Crippen molar-refractivity contribution in [2.45, 2.75) is 84.1 Å². The lowest BCUT2D eigenvalue weighted by Crippen LogP contribution is -2.12. The van der Waals surface area contributed by atoms with E-state index < -0.39 is 0 Å². The Kier molecular flexibility index (Phi) is 11.1. The van der Waals surface area contributed by atoms with E-state index in [-0.39, 0.29) is 0 Å². The zero-order valence-electron chi connectivity index (χ0n) is 15.2. The third-order valence-corrected chi connectivity index (χ3v) is 4.40. The van der Waals surface area contributed by atoms with Gasteiger partial charge in [-0.3, -0.25) is 0 Å². The molecular weight excluding hydrogens is 266 g/mol. The first-order chi connectivity index (χ1) is 10.7. The second-order valence-electron chi connectivity index (χ2n) is 6.94. The van der Waals surface area contributed by atoms with Crippen LogP contribution in [-0.2, 0) is 13.0 Å². The molecule has 0 saturated carbocycles. The maximum atomic E-state index is 2.31. The number of nitrogens with zero attached hydrogens (tertiary/aromatic N) is 1. The number of rotatable bonds is 13. The maximum absolute atomic E-state index is 2.31. The third-order valence-electron chi connectivity index (χ3n) is 4.40. The van der Waals surface area contributed by atoms with Crippen molar-refractivity contribution in [2.75, 3.05) is 14.1 Å². The van der Waals surface area contributed by atoms with Crippen LogP contribution in [0, 0.1) is 0 Å². The molecule has 1 aromatic carbocycles. The Morgan fingerprint density at radius 1 is 0.682 bits per heavy atom. The molecule has 0 atom stereocenters. The van der Waals surface area contributed by atoms with E-state index in [2.05, 4.69) is 50.2 Å². The summed E-state index contributed by atoms with van der Waals surface area (Å²) in [4.78, 5) is 2.26. The zero-order chi connectivity index (χ0) is 16.0. The SMILES string of the molecule is CCCCCCCCCCCCc1ccccc1CN(C)C. The Morgan fingerprint density at radius 2 is 1.18 bits per heavy atom. The van der Waals surface area contributed by atoms with Crippen molar-refractivity contribution < 1.29 is 0 Å². The molecule has 0 aliphatic heterocycles. The highest BCUT2D eigenvalue weighted by molar-refractivity contribution is 5.27. The smallest absolute Gasteiger partial charge is 0.0230 e. The molecule has 0 aliphatic carbocycles. The highest BCUT2D eigenvalue weighted by Gasteiger charge is 2.02. The van der Waals surface area contributed by atoms with Gasteiger partial charge in [0.2, 0.25) is 0 Å². The summed E-state index contributed by atoms with van der Waals surface area (Å²) < 4.78 is 0. The number of unbranched alkanes of at least 4 members (excludes halogenated alkanes) is 9. The van der Waals surface area contributed by atoms with Crippen LogP contribution < -0.4 is 0 Å². The molecule has 22 heavy (non-hydrogen) atoms. The molecule has 0 N–H and O–H groups in total. The minimum atomic E-state index is 1.06. The number of hydrogen-bond donors (Lipinski definition) is 0. The molecule has 0 spiro atoms. The Balaban J connectivity index is 2.07. The van der Waals surface area contributed by atoms with Crippen LogP contribution in [0.15, 0.2) is 24.3 Å². The van der Waals surface area contributed by atoms with Crippen molar-refractivity contribution in [1.82, 2.24) is 4.90 Å². The normalized spacial score (nSPS) is 11.3. The van der Waals surface area contributed by atoms with Crippen LogP contribution in [0.1, 0.15) is 82.3 Å². The lowest BCUT2D eigenvalue weighted by molar-refractivity contribution is 0.400. The average molecular weight is 304 g/mol. The van der Waals surface area contributed by atoms with Crippen LogP contribution in [-0.4, -0.2) is 19.0 Å². The summed E-state index contributed by atoms with van der Waals surface area (Å²) >= 11 is 0. The van der Waals surface area contributed by atoms with Gasteiger partial charge in [0.05, 0.1) is 0 Å². The van der Waals surface area contributed by atoms with Gasteiger partial charge in [-0.15, -0.1) is 0 Å². The fraction of sp³-hybridized carbons (Fsp3) is 0.714. The summed E-state index contributed by atoms with van der Waals surface area (Å²) in [6.45, 7) is 3.35. The summed E-state index contributed by atoms with van der Waals surface area (Å²) in [6, 6.07) is 8.95. The van der Waals surface area contributed by atoms with E-state index in [9.17, 15) is 0 Å². The van der Waals surface area contributed by atoms with Crippen molar-refractivity contribution in [1.29, 1.82) is 0 Å². The standard InChI is InChI=1S/C21H37N/c1-4-5-6-7-8-9-10-11-12-13-16-20-17-14-15-18-21(20)19-22(2)3/h14-15,17-18H,4-13,16,19H2,1-3H3. The van der Waals surface area contributed by atoms with Gasteiger partial charge < -0.3 is 4.90 Å². The molecule has 0 aliphatic rings. The highest BCUT2D eigenvalue weighted by atomic mass is 15.0. The van der Waals surface area contributed by atoms with E-state index in [1.54, 1.807) is 5.56 Å². The molecule has 0 bridgehead atoms. The fourth-order valence-electron chi connectivity index (χ4n) is 3.10. The van der Waals surface area contributed by atoms with Gasteiger partial charge in [0.1, 0.15) is 0 Å². The molecule has 1 nitrogen and oxygen atoms in total. The minimum absolute atomic E-state index is 1.06. The molecule has 1 rings (SSSR count). The highest BCUT2D eigenvalue weighted by Crippen LogP contribution is 2.16. The van der Waals surface area contributed by atoms with E-state index >= 15 is 0 Å². The lowest BCUT2D eigenvalue weighted by atomic mass is 10.00. The molecule has 0 heterocycles. The number of aryl methyl sites for hydroxylation is 1. The van der Waals surface area contributed by atoms with Gasteiger partial charge in [-0.2, -0.15) is 0 Å². The van der Waals surface area contributed by atoms with Gasteiger partial charge in [0.25, 0.3) is 0 Å². The molecular formula is C21H37N. The van der Waals surface area contributed by atoms with E-state index in [1.807, 2.05) is 0 Å². The predicted octanol–water partition coefficient (Wildman–Crippen LogP) is 6.21. The molecule has 0 fully saturated rings. The molecule has 0 saturated heterocycles. The Labute approximate surface area is 139 Å². The topological polar surface area (TPSA) is 3.24 Å². The average Bonchev–Trinajstić information content (AvgIpc) is 2.50. The largest absolute Gasteiger partial charge is 0.305 e. The van der Waals surface area contributed by atoms with Crippen molar-refractivity contribution >= 4 is 0 Å². The zero-order valence-corrected chi connectivity index (χ0v) is 15.2. The Hall–Kier alpha value is -0.820. The van der Waals surface area contributed by atoms with Crippen LogP contribution in [0.5, 0.6) is 0 Å². The fourth-order valence-corrected chi connectivity index (χ4v) is 3.10. The van der Waals surface area contributed by atoms with Crippen LogP contribution in [0.25, 0.3) is 0 Å². The summed E-state index contributed by atoms with van der Waals surface area (Å²) in [7, 11) is 4.30. The molecule has 126 valence electrons. The van der Waals surface area contributed by atoms with Crippen LogP contribution in [0.2, 0.25) is 0 Å². The van der Waals surface area contributed by atoms with Gasteiger partial charge >= 0.3 is 0 Å². The van der Waals surface area contributed by atoms with Crippen molar-refractivity contribution in [2.24, 2.45) is 0 Å². The van der Waals surface area contributed by atoms with Crippen molar-refractivity contribution in [3.05, 3.63) is 35.4 Å². The van der Waals surface area contributed by atoms with Gasteiger partial charge in [0, 0.05) is 6.54 Å². The summed E-state index contributed by atoms with van der Waals surface area (Å²) in [5.74, 6) is 0. The quantitative estimate of drug-likeness (QED) is 0.391.